The van der Waals surface area contributed by atoms with E-state index in [1.165, 1.54) is 0 Å². The molecule has 0 saturated carbocycles. The molecule has 2 aromatic heterocycles. The minimum Gasteiger partial charge on any atom is -0.450 e. The van der Waals surface area contributed by atoms with Gasteiger partial charge >= 0.3 is 12.2 Å². The van der Waals surface area contributed by atoms with Crippen molar-refractivity contribution in [2.24, 2.45) is 11.8 Å². The minimum absolute atomic E-state index is 0.0687. The van der Waals surface area contributed by atoms with Crippen LogP contribution in [0.5, 0.6) is 0 Å². The van der Waals surface area contributed by atoms with Gasteiger partial charge in [-0.1, -0.05) is 58.0 Å². The average Bonchev–Trinajstić information content (AvgIpc) is 4.04. The number of benzene rings is 3. The van der Waals surface area contributed by atoms with Crippen LogP contribution in [0.2, 0.25) is 0 Å². The molecule has 7 rings (SSSR count). The molecule has 5 aromatic rings. The lowest BCUT2D eigenvalue weighted by molar-refractivity contribution is -0.516. The van der Waals surface area contributed by atoms with Crippen LogP contribution in [-0.4, -0.2) is 97.2 Å². The number of likely N-dealkylation sites (tertiary alicyclic amines) is 2. The second-order valence-electron chi connectivity index (χ2n) is 15.9. The monoisotopic (exact) mass is 791 g/mol. The number of imidazole rings is 2. The third-order valence-corrected chi connectivity index (χ3v) is 11.3. The molecular weight excluding hydrogens is 737 g/mol. The van der Waals surface area contributed by atoms with Gasteiger partial charge in [0, 0.05) is 24.6 Å². The number of ether oxygens (including phenoxy) is 2. The number of nitrogens with one attached hydrogen (secondary N) is 4. The second-order valence-corrected chi connectivity index (χ2v) is 15.9. The molecule has 4 atom stereocenters. The average molecular weight is 792 g/mol. The number of aromatic amines is 2. The van der Waals surface area contributed by atoms with Crippen LogP contribution in [0.3, 0.4) is 0 Å². The van der Waals surface area contributed by atoms with E-state index in [1.54, 1.807) is 13.8 Å². The summed E-state index contributed by atoms with van der Waals surface area (Å²) >= 11 is 0. The highest BCUT2D eigenvalue weighted by Crippen LogP contribution is 2.36. The van der Waals surface area contributed by atoms with Gasteiger partial charge in [0.2, 0.25) is 11.9 Å². The smallest absolute Gasteiger partial charge is 0.450 e. The van der Waals surface area contributed by atoms with Crippen LogP contribution in [0.1, 0.15) is 91.0 Å². The maximum Gasteiger partial charge on any atom is 0.545 e. The number of hydrogen-bond donors (Lipinski definition) is 5. The molecular formula is C44H55N8O6+. The van der Waals surface area contributed by atoms with Crippen LogP contribution in [0.15, 0.2) is 60.8 Å². The third-order valence-electron chi connectivity index (χ3n) is 11.3. The fourth-order valence-corrected chi connectivity index (χ4v) is 8.24. The molecule has 2 saturated heterocycles. The Kier molecular flexibility index (Phi) is 12.0. The highest BCUT2D eigenvalue weighted by atomic mass is 16.6. The second kappa shape index (κ2) is 17.3. The van der Waals surface area contributed by atoms with Crippen molar-refractivity contribution in [2.75, 3.05) is 26.3 Å². The van der Waals surface area contributed by atoms with Crippen molar-refractivity contribution < 1.29 is 34.0 Å². The van der Waals surface area contributed by atoms with E-state index in [9.17, 15) is 19.5 Å². The van der Waals surface area contributed by atoms with Gasteiger partial charge in [-0.05, 0) is 91.6 Å². The first-order valence-electron chi connectivity index (χ1n) is 20.5. The SMILES string of the molecule is CCOC(=O)N[C@H](C(=O)N1CCC[C@H]1c1ncc(-c2ccc3cc(-c4ccc5nc([C@@H]6CCCN6C(=O)[C@@H]([NH+]=C(O)OCC)C(C)C)[nH]c5c4)ccc3c2)[nH]1)C(C)C. The minimum atomic E-state index is -0.688. The molecule has 2 aliphatic heterocycles. The molecule has 2 fully saturated rings. The molecule has 58 heavy (non-hydrogen) atoms. The summed E-state index contributed by atoms with van der Waals surface area (Å²) in [7, 11) is 0. The quantitative estimate of drug-likeness (QED) is 0.0763. The van der Waals surface area contributed by atoms with Gasteiger partial charge in [0.25, 0.3) is 5.91 Å². The lowest BCUT2D eigenvalue weighted by atomic mass is 9.99. The zero-order valence-corrected chi connectivity index (χ0v) is 34.2. The lowest BCUT2D eigenvalue weighted by Gasteiger charge is -2.30. The van der Waals surface area contributed by atoms with E-state index in [-0.39, 0.29) is 48.4 Å². The molecule has 14 heteroatoms. The van der Waals surface area contributed by atoms with E-state index in [1.807, 2.05) is 49.8 Å². The molecule has 0 bridgehead atoms. The molecule has 3 amide bonds. The molecule has 306 valence electrons. The fraction of sp³-hybridized carbons (Fsp3) is 0.455. The van der Waals surface area contributed by atoms with Gasteiger partial charge in [0.15, 0.2) is 0 Å². The molecule has 2 aliphatic rings. The van der Waals surface area contributed by atoms with E-state index in [0.29, 0.717) is 19.7 Å². The van der Waals surface area contributed by atoms with Gasteiger partial charge in [-0.2, -0.15) is 4.99 Å². The van der Waals surface area contributed by atoms with Gasteiger partial charge in [0.05, 0.1) is 48.2 Å². The Morgan fingerprint density at radius 2 is 1.43 bits per heavy atom. The highest BCUT2D eigenvalue weighted by Gasteiger charge is 2.40. The van der Waals surface area contributed by atoms with Gasteiger partial charge in [0.1, 0.15) is 17.7 Å². The Hall–Kier alpha value is -5.92. The van der Waals surface area contributed by atoms with Gasteiger partial charge in [-0.3, -0.25) is 9.59 Å². The summed E-state index contributed by atoms with van der Waals surface area (Å²) in [5.41, 5.74) is 5.71. The first kappa shape index (κ1) is 40.3. The Morgan fingerprint density at radius 3 is 2.10 bits per heavy atom. The number of aliphatic hydroxyl groups is 1. The van der Waals surface area contributed by atoms with Crippen LogP contribution in [0.25, 0.3) is 44.2 Å². The number of fused-ring (bicyclic) bond motifs is 2. The number of hydrogen-bond acceptors (Lipinski definition) is 7. The van der Waals surface area contributed by atoms with Crippen molar-refractivity contribution in [1.29, 1.82) is 0 Å². The number of rotatable bonds is 12. The molecule has 4 heterocycles. The van der Waals surface area contributed by atoms with E-state index in [4.69, 9.17) is 19.4 Å². The topological polar surface area (TPSA) is 180 Å². The van der Waals surface area contributed by atoms with E-state index < -0.39 is 18.2 Å². The predicted octanol–water partition coefficient (Wildman–Crippen LogP) is 5.93. The highest BCUT2D eigenvalue weighted by molar-refractivity contribution is 5.92. The summed E-state index contributed by atoms with van der Waals surface area (Å²) in [5.74, 6) is 1.09. The summed E-state index contributed by atoms with van der Waals surface area (Å²) in [6.07, 6.45) is 4.18. The van der Waals surface area contributed by atoms with Crippen molar-refractivity contribution in [3.63, 3.8) is 0 Å². The zero-order chi connectivity index (χ0) is 41.1. The molecule has 0 unspecified atom stereocenters. The Morgan fingerprint density at radius 1 is 0.810 bits per heavy atom. The summed E-state index contributed by atoms with van der Waals surface area (Å²) in [4.78, 5) is 62.9. The first-order valence-corrected chi connectivity index (χ1v) is 20.5. The van der Waals surface area contributed by atoms with E-state index in [0.717, 1.165) is 81.5 Å². The molecule has 0 radical (unpaired) electrons. The number of carbonyl (C=O) groups is 3. The Labute approximate surface area is 338 Å². The van der Waals surface area contributed by atoms with Gasteiger partial charge in [-0.15, -0.1) is 0 Å². The number of amides is 3. The first-order chi connectivity index (χ1) is 27.9. The largest absolute Gasteiger partial charge is 0.545 e. The maximum absolute atomic E-state index is 13.8. The number of nitrogens with zero attached hydrogens (tertiary/aromatic N) is 4. The maximum atomic E-state index is 13.8. The van der Waals surface area contributed by atoms with Crippen LogP contribution >= 0.6 is 0 Å². The third kappa shape index (κ3) is 8.37. The Bertz CT molecular complexity index is 2310. The van der Waals surface area contributed by atoms with Crippen LogP contribution < -0.4 is 10.3 Å². The van der Waals surface area contributed by atoms with Crippen LogP contribution in [0.4, 0.5) is 4.79 Å². The van der Waals surface area contributed by atoms with Crippen molar-refractivity contribution >= 4 is 45.8 Å². The summed E-state index contributed by atoms with van der Waals surface area (Å²) in [5, 5.41) is 15.1. The number of aromatic nitrogens is 4. The normalized spacial score (nSPS) is 18.4. The van der Waals surface area contributed by atoms with Crippen molar-refractivity contribution in [2.45, 2.75) is 91.4 Å². The molecule has 0 spiro atoms. The number of carbonyl (C=O) groups excluding carboxylic acids is 3. The molecule has 3 aromatic carbocycles. The van der Waals surface area contributed by atoms with Gasteiger partial charge < -0.3 is 39.7 Å². The van der Waals surface area contributed by atoms with Crippen LogP contribution in [-0.2, 0) is 19.1 Å². The van der Waals surface area contributed by atoms with Crippen molar-refractivity contribution in [3.05, 3.63) is 72.4 Å². The zero-order valence-electron chi connectivity index (χ0n) is 34.2. The summed E-state index contributed by atoms with van der Waals surface area (Å²) < 4.78 is 10.2. The van der Waals surface area contributed by atoms with Crippen LogP contribution in [0, 0.1) is 11.8 Å². The molecule has 0 aliphatic carbocycles. The van der Waals surface area contributed by atoms with Crippen molar-refractivity contribution in [1.82, 2.24) is 35.1 Å². The number of aliphatic hydroxyl groups excluding tert-OH is 1. The number of H-pyrrole nitrogens is 2. The lowest BCUT2D eigenvalue weighted by Crippen LogP contribution is -2.85. The van der Waals surface area contributed by atoms with E-state index in [2.05, 4.69) is 68.8 Å². The van der Waals surface area contributed by atoms with Gasteiger partial charge in [-0.25, -0.2) is 14.8 Å². The number of alkyl carbamates (subject to hydrolysis) is 1. The standard InChI is InChI=1S/C44H54N8O6/c1-7-57-43(55)49-37(25(3)4)41(53)51-19-9-11-35(51)39-45-24-34(48-39)31-16-15-27-21-28(13-14-29(27)22-31)30-17-18-32-33(23-30)47-40(46-32)36-12-10-20-52(36)42(54)38(26(5)6)50-44(56)58-8-2/h13-18,21-26,35-38H,7-12,19-20H2,1-6H3,(H,45,48)(H,46,47)(H,49,55)(H,50,56)/p+1/t35-,36-,37-,38-/m0/s1. The Balaban J connectivity index is 1.07. The molecule has 5 N–H and O–H groups in total. The predicted molar refractivity (Wildman–Crippen MR) is 222 cm³/mol. The summed E-state index contributed by atoms with van der Waals surface area (Å²) in [6, 6.07) is 17.2. The fourth-order valence-electron chi connectivity index (χ4n) is 8.24. The van der Waals surface area contributed by atoms with Crippen molar-refractivity contribution in [3.8, 4) is 22.4 Å². The summed E-state index contributed by atoms with van der Waals surface area (Å²) in [6.45, 7) is 13.0. The van der Waals surface area contributed by atoms with E-state index >= 15 is 0 Å². The molecule has 14 nitrogen and oxygen atoms in total.